The van der Waals surface area contributed by atoms with Crippen LogP contribution in [0.3, 0.4) is 0 Å². The summed E-state index contributed by atoms with van der Waals surface area (Å²) in [5.74, 6) is -1.13. The van der Waals surface area contributed by atoms with Gasteiger partial charge in [0.05, 0.1) is 4.90 Å². The van der Waals surface area contributed by atoms with Gasteiger partial charge in [-0.3, -0.25) is 4.79 Å². The van der Waals surface area contributed by atoms with E-state index in [4.69, 9.17) is 16.6 Å². The molecule has 1 aromatic rings. The molecule has 0 aliphatic rings. The largest absolute Gasteiger partial charge is 0.370 e. The summed E-state index contributed by atoms with van der Waals surface area (Å²) in [6.07, 6.45) is 0.533. The van der Waals surface area contributed by atoms with Crippen molar-refractivity contribution in [3.8, 4) is 0 Å². The van der Waals surface area contributed by atoms with E-state index in [1.807, 2.05) is 20.8 Å². The summed E-state index contributed by atoms with van der Waals surface area (Å²) < 4.78 is 23.5. The predicted molar refractivity (Wildman–Crippen MR) is 81.4 cm³/mol. The van der Waals surface area contributed by atoms with Crippen molar-refractivity contribution < 1.29 is 13.2 Å². The zero-order chi connectivity index (χ0) is 16.4. The van der Waals surface area contributed by atoms with E-state index in [9.17, 15) is 13.2 Å². The molecule has 0 bridgehead atoms. The van der Waals surface area contributed by atoms with Crippen LogP contribution in [-0.4, -0.2) is 20.3 Å². The Balaban J connectivity index is 3.67. The van der Waals surface area contributed by atoms with Crippen molar-refractivity contribution in [3.05, 3.63) is 28.8 Å². The van der Waals surface area contributed by atoms with Crippen molar-refractivity contribution in [1.82, 2.24) is 0 Å². The molecule has 21 heavy (non-hydrogen) atoms. The van der Waals surface area contributed by atoms with Crippen LogP contribution in [0.25, 0.3) is 0 Å². The third-order valence-electron chi connectivity index (χ3n) is 3.01. The SMILES string of the molecule is CCc1cc(C(C)C)c(S(N)(=O)=O)cc1C(=O)N=C(N)N. The Hall–Kier alpha value is -1.93. The van der Waals surface area contributed by atoms with Gasteiger partial charge in [-0.25, -0.2) is 13.6 Å². The first-order valence-electron chi connectivity index (χ1n) is 6.41. The Morgan fingerprint density at radius 1 is 1.29 bits per heavy atom. The first-order valence-corrected chi connectivity index (χ1v) is 7.96. The highest BCUT2D eigenvalue weighted by molar-refractivity contribution is 7.89. The van der Waals surface area contributed by atoms with Crippen LogP contribution in [0.15, 0.2) is 22.0 Å². The van der Waals surface area contributed by atoms with Crippen molar-refractivity contribution in [3.63, 3.8) is 0 Å². The molecule has 1 amide bonds. The number of amides is 1. The molecule has 0 saturated heterocycles. The molecule has 1 rings (SSSR count). The number of carbonyl (C=O) groups is 1. The van der Waals surface area contributed by atoms with Crippen molar-refractivity contribution in [1.29, 1.82) is 0 Å². The fraction of sp³-hybridized carbons (Fsp3) is 0.385. The van der Waals surface area contributed by atoms with Crippen LogP contribution in [0.5, 0.6) is 0 Å². The average Bonchev–Trinajstić information content (AvgIpc) is 2.34. The minimum atomic E-state index is -3.95. The van der Waals surface area contributed by atoms with Crippen LogP contribution in [0.2, 0.25) is 0 Å². The van der Waals surface area contributed by atoms with E-state index in [1.54, 1.807) is 6.07 Å². The number of benzene rings is 1. The number of primary sulfonamides is 1. The molecule has 6 N–H and O–H groups in total. The van der Waals surface area contributed by atoms with Gasteiger partial charge in [0.15, 0.2) is 5.96 Å². The smallest absolute Gasteiger partial charge is 0.280 e. The van der Waals surface area contributed by atoms with E-state index in [1.165, 1.54) is 6.07 Å². The monoisotopic (exact) mass is 312 g/mol. The van der Waals surface area contributed by atoms with Gasteiger partial charge in [0, 0.05) is 5.56 Å². The summed E-state index contributed by atoms with van der Waals surface area (Å²) in [6, 6.07) is 2.91. The molecule has 8 heteroatoms. The Labute approximate surface area is 124 Å². The lowest BCUT2D eigenvalue weighted by Gasteiger charge is -2.15. The first-order chi connectivity index (χ1) is 9.57. The summed E-state index contributed by atoms with van der Waals surface area (Å²) in [6.45, 7) is 5.55. The zero-order valence-electron chi connectivity index (χ0n) is 12.3. The van der Waals surface area contributed by atoms with Gasteiger partial charge in [-0.05, 0) is 29.5 Å². The van der Waals surface area contributed by atoms with Crippen LogP contribution in [0.1, 0.15) is 48.2 Å². The molecular formula is C13H20N4O3S. The van der Waals surface area contributed by atoms with Gasteiger partial charge in [0.1, 0.15) is 0 Å². The highest BCUT2D eigenvalue weighted by Crippen LogP contribution is 2.27. The van der Waals surface area contributed by atoms with E-state index in [2.05, 4.69) is 4.99 Å². The van der Waals surface area contributed by atoms with Gasteiger partial charge < -0.3 is 11.5 Å². The molecule has 0 fully saturated rings. The highest BCUT2D eigenvalue weighted by atomic mass is 32.2. The van der Waals surface area contributed by atoms with Gasteiger partial charge in [0.25, 0.3) is 5.91 Å². The zero-order valence-corrected chi connectivity index (χ0v) is 13.1. The lowest BCUT2D eigenvalue weighted by Crippen LogP contribution is -2.24. The maximum Gasteiger partial charge on any atom is 0.280 e. The van der Waals surface area contributed by atoms with E-state index in [-0.39, 0.29) is 22.3 Å². The molecular weight excluding hydrogens is 292 g/mol. The van der Waals surface area contributed by atoms with Gasteiger partial charge >= 0.3 is 0 Å². The Kier molecular flexibility index (Phi) is 5.08. The van der Waals surface area contributed by atoms with Crippen LogP contribution < -0.4 is 16.6 Å². The molecule has 0 aliphatic heterocycles. The fourth-order valence-corrected chi connectivity index (χ4v) is 2.92. The van der Waals surface area contributed by atoms with E-state index in [0.717, 1.165) is 0 Å². The van der Waals surface area contributed by atoms with Crippen LogP contribution >= 0.6 is 0 Å². The minimum absolute atomic E-state index is 0.0594. The summed E-state index contributed by atoms with van der Waals surface area (Å²) in [5.41, 5.74) is 11.7. The van der Waals surface area contributed by atoms with Crippen molar-refractivity contribution in [2.75, 3.05) is 0 Å². The number of guanidine groups is 1. The molecule has 0 aliphatic carbocycles. The molecule has 0 aromatic heterocycles. The van der Waals surface area contributed by atoms with Crippen LogP contribution in [-0.2, 0) is 16.4 Å². The predicted octanol–water partition coefficient (Wildman–Crippen LogP) is 0.433. The van der Waals surface area contributed by atoms with Gasteiger partial charge in [-0.2, -0.15) is 4.99 Å². The molecule has 116 valence electrons. The molecule has 0 unspecified atom stereocenters. The molecule has 0 spiro atoms. The average molecular weight is 312 g/mol. The summed E-state index contributed by atoms with van der Waals surface area (Å²) in [4.78, 5) is 15.4. The van der Waals surface area contributed by atoms with E-state index >= 15 is 0 Å². The van der Waals surface area contributed by atoms with Gasteiger partial charge in [-0.1, -0.05) is 26.8 Å². The number of aliphatic imine (C=N–C) groups is 1. The van der Waals surface area contributed by atoms with E-state index < -0.39 is 15.9 Å². The second kappa shape index (κ2) is 6.23. The number of carbonyl (C=O) groups excluding carboxylic acids is 1. The Morgan fingerprint density at radius 2 is 1.86 bits per heavy atom. The first kappa shape index (κ1) is 17.1. The topological polar surface area (TPSA) is 142 Å². The second-order valence-corrected chi connectivity index (χ2v) is 6.47. The van der Waals surface area contributed by atoms with Crippen molar-refractivity contribution in [2.24, 2.45) is 21.6 Å². The van der Waals surface area contributed by atoms with Gasteiger partial charge in [0.2, 0.25) is 10.0 Å². The summed E-state index contributed by atoms with van der Waals surface area (Å²) in [5, 5.41) is 5.23. The number of hydrogen-bond acceptors (Lipinski definition) is 3. The molecule has 0 radical (unpaired) electrons. The van der Waals surface area contributed by atoms with Crippen molar-refractivity contribution >= 4 is 21.9 Å². The molecule has 7 nitrogen and oxygen atoms in total. The normalized spacial score (nSPS) is 11.5. The van der Waals surface area contributed by atoms with Gasteiger partial charge in [-0.15, -0.1) is 0 Å². The maximum absolute atomic E-state index is 12.0. The van der Waals surface area contributed by atoms with Crippen molar-refractivity contribution in [2.45, 2.75) is 38.0 Å². The number of nitrogens with zero attached hydrogens (tertiary/aromatic N) is 1. The lowest BCUT2D eigenvalue weighted by molar-refractivity contribution is 0.100. The lowest BCUT2D eigenvalue weighted by atomic mass is 9.95. The third kappa shape index (κ3) is 4.02. The summed E-state index contributed by atoms with van der Waals surface area (Å²) >= 11 is 0. The molecule has 0 atom stereocenters. The third-order valence-corrected chi connectivity index (χ3v) is 3.97. The molecule has 0 saturated carbocycles. The molecule has 1 aromatic carbocycles. The number of sulfonamides is 1. The number of aryl methyl sites for hydroxylation is 1. The standard InChI is InChI=1S/C13H20N4O3S/c1-4-8-5-9(7(2)3)11(21(16,19)20)6-10(8)12(18)17-13(14)15/h5-7H,4H2,1-3H3,(H2,16,19,20)(H4,14,15,17,18). The van der Waals surface area contributed by atoms with Crippen LogP contribution in [0.4, 0.5) is 0 Å². The maximum atomic E-state index is 12.0. The van der Waals surface area contributed by atoms with Crippen LogP contribution in [0, 0.1) is 0 Å². The number of nitrogens with two attached hydrogens (primary N) is 3. The Bertz CT molecular complexity index is 690. The molecule has 0 heterocycles. The Morgan fingerprint density at radius 3 is 2.24 bits per heavy atom. The quantitative estimate of drug-likeness (QED) is 0.546. The summed E-state index contributed by atoms with van der Waals surface area (Å²) in [7, 11) is -3.95. The fourth-order valence-electron chi connectivity index (χ4n) is 2.01. The number of hydrogen-bond donors (Lipinski definition) is 3. The second-order valence-electron chi connectivity index (χ2n) is 4.94. The highest BCUT2D eigenvalue weighted by Gasteiger charge is 2.21. The number of rotatable bonds is 4. The van der Waals surface area contributed by atoms with E-state index in [0.29, 0.717) is 17.5 Å². The minimum Gasteiger partial charge on any atom is -0.370 e.